The van der Waals surface area contributed by atoms with E-state index in [-0.39, 0.29) is 29.9 Å². The lowest BCUT2D eigenvalue weighted by atomic mass is 10.0. The Balaban J connectivity index is 2.11. The van der Waals surface area contributed by atoms with Gasteiger partial charge in [0.05, 0.1) is 29.9 Å². The molecule has 1 aromatic carbocycles. The molecule has 0 fully saturated rings. The Labute approximate surface area is 339 Å². The molecule has 0 aliphatic heterocycles. The molecular formula is C49H86O6. The van der Waals surface area contributed by atoms with Crippen LogP contribution in [0.3, 0.4) is 0 Å². The highest BCUT2D eigenvalue weighted by molar-refractivity contribution is 6.05. The van der Waals surface area contributed by atoms with E-state index < -0.39 is 17.9 Å². The molecule has 0 atom stereocenters. The third-order valence-corrected chi connectivity index (χ3v) is 11.2. The molecule has 0 aliphatic rings. The molecule has 0 spiro atoms. The summed E-state index contributed by atoms with van der Waals surface area (Å²) in [7, 11) is 0. The number of carboxylic acids is 1. The minimum atomic E-state index is -1.16. The number of ether oxygens (including phenoxy) is 2. The normalized spacial score (nSPS) is 11.2. The number of aromatic carboxylic acids is 1. The number of unbranched alkanes of at least 4 members (excludes halogenated alkanes) is 34. The molecule has 0 heterocycles. The van der Waals surface area contributed by atoms with Gasteiger partial charge in [-0.15, -0.1) is 0 Å². The van der Waals surface area contributed by atoms with Gasteiger partial charge in [0.15, 0.2) is 0 Å². The molecule has 0 aromatic heterocycles. The molecule has 318 valence electrons. The quantitative estimate of drug-likeness (QED) is 0.0527. The number of hydrogen-bond acceptors (Lipinski definition) is 5. The van der Waals surface area contributed by atoms with Crippen LogP contribution in [0.15, 0.2) is 18.2 Å². The van der Waals surface area contributed by atoms with E-state index in [1.165, 1.54) is 211 Å². The lowest BCUT2D eigenvalue weighted by Gasteiger charge is -2.11. The second-order valence-electron chi connectivity index (χ2n) is 16.4. The van der Waals surface area contributed by atoms with Crippen LogP contribution in [-0.2, 0) is 9.47 Å². The number of esters is 2. The van der Waals surface area contributed by atoms with Crippen LogP contribution in [0.25, 0.3) is 0 Å². The highest BCUT2D eigenvalue weighted by atomic mass is 16.5. The number of hydrogen-bond donors (Lipinski definition) is 1. The Hall–Kier alpha value is -2.37. The Morgan fingerprint density at radius 3 is 0.909 bits per heavy atom. The van der Waals surface area contributed by atoms with Crippen LogP contribution in [0.1, 0.15) is 276 Å². The monoisotopic (exact) mass is 771 g/mol. The van der Waals surface area contributed by atoms with E-state index in [1.54, 1.807) is 0 Å². The molecule has 1 aromatic rings. The molecule has 0 unspecified atom stereocenters. The molecule has 0 amide bonds. The van der Waals surface area contributed by atoms with Crippen molar-refractivity contribution in [2.45, 2.75) is 245 Å². The molecule has 0 saturated heterocycles. The lowest BCUT2D eigenvalue weighted by Crippen LogP contribution is -2.16. The van der Waals surface area contributed by atoms with E-state index in [2.05, 4.69) is 13.8 Å². The molecular weight excluding hydrogens is 685 g/mol. The number of carboxylic acid groups (broad SMARTS) is 1. The maximum absolute atomic E-state index is 13.0. The molecule has 1 rings (SSSR count). The van der Waals surface area contributed by atoms with E-state index >= 15 is 0 Å². The van der Waals surface area contributed by atoms with E-state index in [0.717, 1.165) is 38.5 Å². The Bertz CT molecular complexity index is 1050. The molecule has 6 heteroatoms. The molecule has 1 N–H and O–H groups in total. The van der Waals surface area contributed by atoms with Gasteiger partial charge in [-0.3, -0.25) is 0 Å². The zero-order valence-corrected chi connectivity index (χ0v) is 36.1. The topological polar surface area (TPSA) is 89.9 Å². The number of benzene rings is 1. The number of carbonyl (C=O) groups excluding carboxylic acids is 2. The second-order valence-corrected chi connectivity index (χ2v) is 16.4. The first-order chi connectivity index (χ1) is 27.0. The van der Waals surface area contributed by atoms with Crippen LogP contribution in [0, 0.1) is 0 Å². The fourth-order valence-electron chi connectivity index (χ4n) is 7.52. The third kappa shape index (κ3) is 30.4. The van der Waals surface area contributed by atoms with E-state index in [1.807, 2.05) is 0 Å². The molecule has 0 saturated carbocycles. The maximum Gasteiger partial charge on any atom is 0.339 e. The Morgan fingerprint density at radius 2 is 0.636 bits per heavy atom. The van der Waals surface area contributed by atoms with Gasteiger partial charge < -0.3 is 14.6 Å². The largest absolute Gasteiger partial charge is 0.478 e. The minimum absolute atomic E-state index is 0.0369. The van der Waals surface area contributed by atoms with E-state index in [0.29, 0.717) is 0 Å². The zero-order chi connectivity index (χ0) is 39.9. The van der Waals surface area contributed by atoms with Crippen molar-refractivity contribution in [3.05, 3.63) is 34.9 Å². The zero-order valence-electron chi connectivity index (χ0n) is 36.1. The predicted molar refractivity (Wildman–Crippen MR) is 232 cm³/mol. The van der Waals surface area contributed by atoms with Gasteiger partial charge in [0.1, 0.15) is 0 Å². The minimum Gasteiger partial charge on any atom is -0.478 e. The van der Waals surface area contributed by atoms with Gasteiger partial charge in [-0.05, 0) is 31.0 Å². The maximum atomic E-state index is 13.0. The average molecular weight is 771 g/mol. The van der Waals surface area contributed by atoms with Gasteiger partial charge in [-0.1, -0.05) is 232 Å². The van der Waals surface area contributed by atoms with Crippen molar-refractivity contribution in [1.82, 2.24) is 0 Å². The Morgan fingerprint density at radius 1 is 0.382 bits per heavy atom. The van der Waals surface area contributed by atoms with Gasteiger partial charge in [0.2, 0.25) is 0 Å². The van der Waals surface area contributed by atoms with Gasteiger partial charge in [-0.25, -0.2) is 14.4 Å². The summed E-state index contributed by atoms with van der Waals surface area (Å²) in [5, 5.41) is 9.48. The smallest absolute Gasteiger partial charge is 0.339 e. The molecule has 55 heavy (non-hydrogen) atoms. The summed E-state index contributed by atoms with van der Waals surface area (Å²) in [6.45, 7) is 5.09. The number of carbonyl (C=O) groups is 3. The van der Waals surface area contributed by atoms with Crippen molar-refractivity contribution in [1.29, 1.82) is 0 Å². The Kier molecular flexibility index (Phi) is 35.5. The predicted octanol–water partition coefficient (Wildman–Crippen LogP) is 15.8. The summed E-state index contributed by atoms with van der Waals surface area (Å²) in [6.07, 6.45) is 46.5. The first-order valence-electron chi connectivity index (χ1n) is 23.7. The summed E-state index contributed by atoms with van der Waals surface area (Å²) < 4.78 is 11.0. The molecule has 6 nitrogen and oxygen atoms in total. The van der Waals surface area contributed by atoms with Gasteiger partial charge in [-0.2, -0.15) is 0 Å². The van der Waals surface area contributed by atoms with Crippen LogP contribution in [-0.4, -0.2) is 36.2 Å². The van der Waals surface area contributed by atoms with Crippen molar-refractivity contribution in [3.63, 3.8) is 0 Å². The van der Waals surface area contributed by atoms with Gasteiger partial charge >= 0.3 is 17.9 Å². The lowest BCUT2D eigenvalue weighted by molar-refractivity contribution is 0.0450. The molecule has 0 bridgehead atoms. The fraction of sp³-hybridized carbons (Fsp3) is 0.816. The highest BCUT2D eigenvalue weighted by Crippen LogP contribution is 2.19. The van der Waals surface area contributed by atoms with Gasteiger partial charge in [0.25, 0.3) is 0 Å². The van der Waals surface area contributed by atoms with Crippen molar-refractivity contribution in [3.8, 4) is 0 Å². The summed E-state index contributed by atoms with van der Waals surface area (Å²) in [5.41, 5.74) is -0.0273. The fourth-order valence-corrected chi connectivity index (χ4v) is 7.52. The second kappa shape index (κ2) is 38.5. The average Bonchev–Trinajstić information content (AvgIpc) is 3.19. The molecule has 0 aliphatic carbocycles. The molecule has 0 radical (unpaired) electrons. The highest BCUT2D eigenvalue weighted by Gasteiger charge is 2.22. The van der Waals surface area contributed by atoms with Crippen molar-refractivity contribution >= 4 is 17.9 Å². The summed E-state index contributed by atoms with van der Waals surface area (Å²) in [5.74, 6) is -2.43. The van der Waals surface area contributed by atoms with E-state index in [9.17, 15) is 19.5 Å². The number of rotatable bonds is 41. The first kappa shape index (κ1) is 50.6. The van der Waals surface area contributed by atoms with E-state index in [4.69, 9.17) is 9.47 Å². The van der Waals surface area contributed by atoms with Crippen molar-refractivity contribution in [2.75, 3.05) is 13.2 Å². The third-order valence-electron chi connectivity index (χ3n) is 11.2. The van der Waals surface area contributed by atoms with Crippen LogP contribution < -0.4 is 0 Å². The summed E-state index contributed by atoms with van der Waals surface area (Å²) >= 11 is 0. The van der Waals surface area contributed by atoms with Crippen molar-refractivity contribution in [2.24, 2.45) is 0 Å². The summed E-state index contributed by atoms with van der Waals surface area (Å²) in [6, 6.07) is 3.94. The van der Waals surface area contributed by atoms with Crippen LogP contribution >= 0.6 is 0 Å². The van der Waals surface area contributed by atoms with Crippen molar-refractivity contribution < 1.29 is 29.0 Å². The van der Waals surface area contributed by atoms with Crippen LogP contribution in [0.4, 0.5) is 0 Å². The van der Waals surface area contributed by atoms with Crippen LogP contribution in [0.5, 0.6) is 0 Å². The standard InChI is InChI=1S/C49H86O6/c1-3-5-7-9-11-13-15-17-19-21-23-25-27-29-31-33-35-37-41-54-48(52)45-40-39-44(47(50)51)43-46(45)49(53)55-42-38-36-34-32-30-28-26-24-22-20-18-16-14-12-10-8-6-4-2/h39-40,43H,3-38,41-42H2,1-2H3,(H,50,51). The van der Waals surface area contributed by atoms with Gasteiger partial charge in [0, 0.05) is 0 Å². The van der Waals surface area contributed by atoms with Crippen LogP contribution in [0.2, 0.25) is 0 Å². The SMILES string of the molecule is CCCCCCCCCCCCCCCCCCCCOC(=O)c1ccc(C(=O)O)cc1C(=O)OCCCCCCCCCCCCCCCCCCCC. The summed E-state index contributed by atoms with van der Waals surface area (Å²) in [4.78, 5) is 37.5. The first-order valence-corrected chi connectivity index (χ1v) is 23.7.